The van der Waals surface area contributed by atoms with Gasteiger partial charge in [-0.25, -0.2) is 4.79 Å². The Balaban J connectivity index is 1.71. The molecule has 0 N–H and O–H groups in total. The molecule has 2 aliphatic rings. The van der Waals surface area contributed by atoms with Crippen molar-refractivity contribution >= 4 is 23.3 Å². The standard InChI is InChI=1S/C19H30ClN5O/c1-4-10-24-18(5-2)23(6-3)19(26)25(24)22-13-11-21(12-14-22)17-9-7-8-16(20)15-17/h7-9,15,18H,4-6,10-14H2,1-3H3. The number of hydrogen-bond donors (Lipinski definition) is 0. The van der Waals surface area contributed by atoms with Crippen molar-refractivity contribution in [3.05, 3.63) is 29.3 Å². The van der Waals surface area contributed by atoms with Gasteiger partial charge in [0.05, 0.1) is 0 Å². The number of anilines is 1. The molecule has 0 radical (unpaired) electrons. The molecule has 1 atom stereocenters. The first kappa shape index (κ1) is 19.3. The van der Waals surface area contributed by atoms with E-state index in [9.17, 15) is 4.79 Å². The molecule has 2 heterocycles. The van der Waals surface area contributed by atoms with Crippen molar-refractivity contribution in [2.45, 2.75) is 39.8 Å². The highest BCUT2D eigenvalue weighted by Crippen LogP contribution is 2.28. The second-order valence-electron chi connectivity index (χ2n) is 6.83. The molecule has 26 heavy (non-hydrogen) atoms. The van der Waals surface area contributed by atoms with Crippen molar-refractivity contribution < 1.29 is 4.79 Å². The molecule has 0 aliphatic carbocycles. The molecule has 3 rings (SSSR count). The van der Waals surface area contributed by atoms with Gasteiger partial charge in [-0.3, -0.25) is 0 Å². The Bertz CT molecular complexity index is 620. The minimum Gasteiger partial charge on any atom is -0.369 e. The van der Waals surface area contributed by atoms with Gasteiger partial charge in [-0.1, -0.05) is 31.5 Å². The number of hydrogen-bond acceptors (Lipinski definition) is 4. The topological polar surface area (TPSA) is 33.3 Å². The lowest BCUT2D eigenvalue weighted by molar-refractivity contribution is -0.140. The van der Waals surface area contributed by atoms with E-state index < -0.39 is 0 Å². The van der Waals surface area contributed by atoms with Crippen molar-refractivity contribution in [3.63, 3.8) is 0 Å². The Labute approximate surface area is 161 Å². The summed E-state index contributed by atoms with van der Waals surface area (Å²) in [5.41, 5.74) is 1.15. The summed E-state index contributed by atoms with van der Waals surface area (Å²) in [4.78, 5) is 17.3. The van der Waals surface area contributed by atoms with Crippen LogP contribution in [0, 0.1) is 0 Å². The van der Waals surface area contributed by atoms with E-state index in [0.717, 1.165) is 62.8 Å². The smallest absolute Gasteiger partial charge is 0.351 e. The van der Waals surface area contributed by atoms with Crippen LogP contribution in [0.5, 0.6) is 0 Å². The van der Waals surface area contributed by atoms with Gasteiger partial charge in [-0.2, -0.15) is 15.1 Å². The normalized spacial score (nSPS) is 22.5. The number of piperazine rings is 1. The first-order valence-corrected chi connectivity index (χ1v) is 10.1. The molecule has 0 aromatic heterocycles. The molecule has 2 aliphatic heterocycles. The van der Waals surface area contributed by atoms with Crippen LogP contribution in [0.1, 0.15) is 33.6 Å². The summed E-state index contributed by atoms with van der Waals surface area (Å²) in [5.74, 6) is 0. The summed E-state index contributed by atoms with van der Waals surface area (Å²) in [5, 5.41) is 7.13. The Morgan fingerprint density at radius 3 is 2.42 bits per heavy atom. The highest BCUT2D eigenvalue weighted by Gasteiger charge is 2.45. The second-order valence-corrected chi connectivity index (χ2v) is 7.27. The molecule has 144 valence electrons. The number of halogens is 1. The molecular weight excluding hydrogens is 350 g/mol. The van der Waals surface area contributed by atoms with Crippen LogP contribution in [0.2, 0.25) is 5.02 Å². The van der Waals surface area contributed by atoms with Crippen LogP contribution in [-0.2, 0) is 0 Å². The summed E-state index contributed by atoms with van der Waals surface area (Å²) in [6, 6.07) is 8.11. The average molecular weight is 380 g/mol. The third-order valence-corrected chi connectivity index (χ3v) is 5.45. The summed E-state index contributed by atoms with van der Waals surface area (Å²) < 4.78 is 0. The Hall–Kier alpha value is -1.50. The average Bonchev–Trinajstić information content (AvgIpc) is 2.93. The SMILES string of the molecule is CCCN1C(CC)N(CC)C(=O)N1N1CCN(c2cccc(Cl)c2)CC1. The first-order valence-electron chi connectivity index (χ1n) is 9.73. The van der Waals surface area contributed by atoms with Gasteiger partial charge in [0.15, 0.2) is 0 Å². The van der Waals surface area contributed by atoms with Gasteiger partial charge in [-0.05, 0) is 38.0 Å². The number of carbonyl (C=O) groups is 1. The summed E-state index contributed by atoms with van der Waals surface area (Å²) in [6.45, 7) is 11.4. The Morgan fingerprint density at radius 2 is 1.85 bits per heavy atom. The van der Waals surface area contributed by atoms with Crippen LogP contribution in [0.4, 0.5) is 10.5 Å². The van der Waals surface area contributed by atoms with Gasteiger partial charge in [-0.15, -0.1) is 0 Å². The van der Waals surface area contributed by atoms with E-state index in [2.05, 4.69) is 41.8 Å². The third kappa shape index (κ3) is 3.63. The van der Waals surface area contributed by atoms with Gasteiger partial charge >= 0.3 is 6.03 Å². The highest BCUT2D eigenvalue weighted by molar-refractivity contribution is 6.30. The van der Waals surface area contributed by atoms with E-state index in [4.69, 9.17) is 11.6 Å². The molecule has 7 heteroatoms. The van der Waals surface area contributed by atoms with Crippen LogP contribution < -0.4 is 4.90 Å². The molecule has 0 spiro atoms. The number of hydrazine groups is 2. The summed E-state index contributed by atoms with van der Waals surface area (Å²) >= 11 is 6.13. The number of carbonyl (C=O) groups excluding carboxylic acids is 1. The molecule has 1 aromatic carbocycles. The van der Waals surface area contributed by atoms with Gasteiger partial charge in [0, 0.05) is 50.0 Å². The molecule has 0 saturated carbocycles. The van der Waals surface area contributed by atoms with Crippen LogP contribution >= 0.6 is 11.6 Å². The van der Waals surface area contributed by atoms with Crippen molar-refractivity contribution in [1.82, 2.24) is 20.0 Å². The molecule has 2 saturated heterocycles. The van der Waals surface area contributed by atoms with Crippen molar-refractivity contribution in [2.75, 3.05) is 44.2 Å². The van der Waals surface area contributed by atoms with E-state index >= 15 is 0 Å². The van der Waals surface area contributed by atoms with Crippen molar-refractivity contribution in [1.29, 1.82) is 0 Å². The zero-order valence-electron chi connectivity index (χ0n) is 16.1. The lowest BCUT2D eigenvalue weighted by atomic mass is 10.2. The maximum absolute atomic E-state index is 13.0. The minimum absolute atomic E-state index is 0.115. The maximum atomic E-state index is 13.0. The van der Waals surface area contributed by atoms with Crippen LogP contribution in [-0.4, -0.2) is 71.5 Å². The van der Waals surface area contributed by atoms with Crippen LogP contribution in [0.25, 0.3) is 0 Å². The zero-order chi connectivity index (χ0) is 18.7. The van der Waals surface area contributed by atoms with E-state index in [-0.39, 0.29) is 12.2 Å². The number of nitrogens with zero attached hydrogens (tertiary/aromatic N) is 5. The third-order valence-electron chi connectivity index (χ3n) is 5.22. The Morgan fingerprint density at radius 1 is 1.12 bits per heavy atom. The van der Waals surface area contributed by atoms with E-state index in [1.807, 2.05) is 28.2 Å². The van der Waals surface area contributed by atoms with Crippen LogP contribution in [0.15, 0.2) is 24.3 Å². The van der Waals surface area contributed by atoms with Gasteiger partial charge in [0.1, 0.15) is 6.17 Å². The predicted octanol–water partition coefficient (Wildman–Crippen LogP) is 3.50. The van der Waals surface area contributed by atoms with Crippen molar-refractivity contribution in [3.8, 4) is 0 Å². The number of urea groups is 1. The van der Waals surface area contributed by atoms with Gasteiger partial charge in [0.25, 0.3) is 0 Å². The van der Waals surface area contributed by atoms with Crippen LogP contribution in [0.3, 0.4) is 0 Å². The monoisotopic (exact) mass is 379 g/mol. The van der Waals surface area contributed by atoms with E-state index in [0.29, 0.717) is 0 Å². The lowest BCUT2D eigenvalue weighted by Gasteiger charge is -2.42. The number of amides is 2. The quantitative estimate of drug-likeness (QED) is 0.757. The fraction of sp³-hybridized carbons (Fsp3) is 0.632. The molecule has 0 bridgehead atoms. The molecule has 1 aromatic rings. The maximum Gasteiger partial charge on any atom is 0.351 e. The van der Waals surface area contributed by atoms with Gasteiger partial charge < -0.3 is 9.80 Å². The minimum atomic E-state index is 0.115. The first-order chi connectivity index (χ1) is 12.6. The van der Waals surface area contributed by atoms with Gasteiger partial charge in [0.2, 0.25) is 0 Å². The number of rotatable bonds is 6. The molecular formula is C19H30ClN5O. The predicted molar refractivity (Wildman–Crippen MR) is 106 cm³/mol. The molecule has 6 nitrogen and oxygen atoms in total. The zero-order valence-corrected chi connectivity index (χ0v) is 16.8. The van der Waals surface area contributed by atoms with E-state index in [1.54, 1.807) is 0 Å². The Kier molecular flexibility index (Phi) is 6.27. The molecule has 2 fully saturated rings. The highest BCUT2D eigenvalue weighted by atomic mass is 35.5. The largest absolute Gasteiger partial charge is 0.369 e. The van der Waals surface area contributed by atoms with E-state index in [1.165, 1.54) is 0 Å². The second kappa shape index (κ2) is 8.46. The fourth-order valence-corrected chi connectivity index (χ4v) is 4.17. The summed E-state index contributed by atoms with van der Waals surface area (Å²) in [6.07, 6.45) is 2.14. The number of benzene rings is 1. The molecule has 2 amide bonds. The molecule has 1 unspecified atom stereocenters. The van der Waals surface area contributed by atoms with Crippen molar-refractivity contribution in [2.24, 2.45) is 0 Å². The lowest BCUT2D eigenvalue weighted by Crippen LogP contribution is -2.59. The summed E-state index contributed by atoms with van der Waals surface area (Å²) in [7, 11) is 0. The fourth-order valence-electron chi connectivity index (χ4n) is 3.99.